The van der Waals surface area contributed by atoms with Crippen molar-refractivity contribution in [3.8, 4) is 0 Å². The molecule has 0 aliphatic rings. The Balaban J connectivity index is 1.67. The minimum Gasteiger partial charge on any atom is -0.385 e. The number of hydrogen-bond acceptors (Lipinski definition) is 3. The molecule has 1 aromatic heterocycles. The van der Waals surface area contributed by atoms with Gasteiger partial charge in [0.1, 0.15) is 12.2 Å². The predicted molar refractivity (Wildman–Crippen MR) is 77.1 cm³/mol. The lowest BCUT2D eigenvalue weighted by molar-refractivity contribution is 0.788. The van der Waals surface area contributed by atoms with E-state index in [9.17, 15) is 0 Å². The first-order valence-electron chi connectivity index (χ1n) is 6.38. The van der Waals surface area contributed by atoms with Gasteiger partial charge < -0.3 is 9.88 Å². The normalized spacial score (nSPS) is 10.8. The van der Waals surface area contributed by atoms with Gasteiger partial charge in [0.15, 0.2) is 0 Å². The second-order valence-electron chi connectivity index (χ2n) is 4.60. The molecule has 1 heterocycles. The van der Waals surface area contributed by atoms with Crippen LogP contribution >= 0.6 is 0 Å². The third-order valence-electron chi connectivity index (χ3n) is 3.23. The van der Waals surface area contributed by atoms with E-state index in [1.54, 1.807) is 6.33 Å². The van der Waals surface area contributed by atoms with E-state index in [4.69, 9.17) is 0 Å². The molecular weight excluding hydrogens is 236 g/mol. The smallest absolute Gasteiger partial charge is 0.134 e. The van der Waals surface area contributed by atoms with Crippen LogP contribution in [0.15, 0.2) is 48.8 Å². The Kier molecular flexibility index (Phi) is 3.14. The monoisotopic (exact) mass is 252 g/mol. The molecule has 3 aromatic rings. The highest BCUT2D eigenvalue weighted by Gasteiger charge is 2.00. The molecule has 1 N–H and O–H groups in total. The van der Waals surface area contributed by atoms with E-state index in [1.165, 1.54) is 10.8 Å². The molecular formula is C15H16N4. The number of nitrogens with zero attached hydrogens (tertiary/aromatic N) is 3. The molecule has 0 spiro atoms. The Hall–Kier alpha value is -2.36. The number of aromatic nitrogens is 3. The van der Waals surface area contributed by atoms with Gasteiger partial charge in [0.2, 0.25) is 0 Å². The number of fused-ring (bicyclic) bond motifs is 1. The molecule has 96 valence electrons. The Morgan fingerprint density at radius 3 is 2.74 bits per heavy atom. The van der Waals surface area contributed by atoms with Crippen LogP contribution in [0, 0.1) is 0 Å². The van der Waals surface area contributed by atoms with Gasteiger partial charge in [-0.1, -0.05) is 30.3 Å². The molecule has 4 heteroatoms. The van der Waals surface area contributed by atoms with Gasteiger partial charge in [0.25, 0.3) is 0 Å². The minimum atomic E-state index is 0.852. The van der Waals surface area contributed by atoms with Crippen molar-refractivity contribution >= 4 is 16.5 Å². The van der Waals surface area contributed by atoms with Crippen molar-refractivity contribution in [1.29, 1.82) is 0 Å². The number of nitrogens with one attached hydrogen (secondary N) is 1. The summed E-state index contributed by atoms with van der Waals surface area (Å²) in [6.45, 7) is 0.852. The standard InChI is InChI=1S/C15H16N4/c1-19-11-17-18-15(19)8-9-16-14-7-6-12-4-2-3-5-13(12)10-14/h2-7,10-11,16H,8-9H2,1H3. The molecule has 0 aliphatic heterocycles. The summed E-state index contributed by atoms with van der Waals surface area (Å²) >= 11 is 0. The third-order valence-corrected chi connectivity index (χ3v) is 3.23. The van der Waals surface area contributed by atoms with E-state index in [0.717, 1.165) is 24.5 Å². The minimum absolute atomic E-state index is 0.852. The first kappa shape index (κ1) is 11.7. The average Bonchev–Trinajstić information content (AvgIpc) is 2.84. The summed E-state index contributed by atoms with van der Waals surface area (Å²) < 4.78 is 1.95. The highest BCUT2D eigenvalue weighted by molar-refractivity contribution is 5.85. The van der Waals surface area contributed by atoms with Crippen LogP contribution in [0.4, 0.5) is 5.69 Å². The topological polar surface area (TPSA) is 42.7 Å². The second kappa shape index (κ2) is 5.10. The fraction of sp³-hybridized carbons (Fsp3) is 0.200. The molecule has 0 aliphatic carbocycles. The summed E-state index contributed by atoms with van der Waals surface area (Å²) in [5.41, 5.74) is 1.14. The first-order chi connectivity index (χ1) is 9.33. The quantitative estimate of drug-likeness (QED) is 0.776. The first-order valence-corrected chi connectivity index (χ1v) is 6.38. The number of benzene rings is 2. The van der Waals surface area contributed by atoms with Crippen LogP contribution in [0.1, 0.15) is 5.82 Å². The summed E-state index contributed by atoms with van der Waals surface area (Å²) in [5.74, 6) is 0.994. The molecule has 0 atom stereocenters. The highest BCUT2D eigenvalue weighted by atomic mass is 15.2. The molecule has 0 saturated carbocycles. The zero-order valence-electron chi connectivity index (χ0n) is 10.9. The molecule has 2 aromatic carbocycles. The maximum atomic E-state index is 4.07. The lowest BCUT2D eigenvalue weighted by atomic mass is 10.1. The lowest BCUT2D eigenvalue weighted by Crippen LogP contribution is -2.08. The van der Waals surface area contributed by atoms with Crippen LogP contribution in [0.3, 0.4) is 0 Å². The Bertz CT molecular complexity index is 687. The number of anilines is 1. The maximum absolute atomic E-state index is 4.07. The van der Waals surface area contributed by atoms with Crippen LogP contribution in [-0.2, 0) is 13.5 Å². The lowest BCUT2D eigenvalue weighted by Gasteiger charge is -2.07. The number of rotatable bonds is 4. The molecule has 0 saturated heterocycles. The molecule has 4 nitrogen and oxygen atoms in total. The molecule has 0 fully saturated rings. The fourth-order valence-electron chi connectivity index (χ4n) is 2.15. The Morgan fingerprint density at radius 2 is 1.95 bits per heavy atom. The summed E-state index contributed by atoms with van der Waals surface area (Å²) in [6, 6.07) is 14.8. The average molecular weight is 252 g/mol. The summed E-state index contributed by atoms with van der Waals surface area (Å²) in [6.07, 6.45) is 2.59. The zero-order valence-corrected chi connectivity index (χ0v) is 10.9. The van der Waals surface area contributed by atoms with E-state index in [2.05, 4.69) is 58.0 Å². The van der Waals surface area contributed by atoms with Crippen LogP contribution < -0.4 is 5.32 Å². The van der Waals surface area contributed by atoms with Crippen LogP contribution in [0.25, 0.3) is 10.8 Å². The largest absolute Gasteiger partial charge is 0.385 e. The van der Waals surface area contributed by atoms with Crippen molar-refractivity contribution in [1.82, 2.24) is 14.8 Å². The fourth-order valence-corrected chi connectivity index (χ4v) is 2.15. The van der Waals surface area contributed by atoms with Crippen LogP contribution in [0.5, 0.6) is 0 Å². The van der Waals surface area contributed by atoms with Gasteiger partial charge in [-0.25, -0.2) is 0 Å². The molecule has 3 rings (SSSR count). The second-order valence-corrected chi connectivity index (χ2v) is 4.60. The Labute approximate surface area is 112 Å². The predicted octanol–water partition coefficient (Wildman–Crippen LogP) is 2.62. The molecule has 0 unspecified atom stereocenters. The SMILES string of the molecule is Cn1cnnc1CCNc1ccc2ccccc2c1. The van der Waals surface area contributed by atoms with E-state index in [0.29, 0.717) is 0 Å². The van der Waals surface area contributed by atoms with E-state index >= 15 is 0 Å². The summed E-state index contributed by atoms with van der Waals surface area (Å²) in [7, 11) is 1.96. The van der Waals surface area contributed by atoms with Crippen molar-refractivity contribution in [3.63, 3.8) is 0 Å². The van der Waals surface area contributed by atoms with Gasteiger partial charge in [-0.15, -0.1) is 10.2 Å². The van der Waals surface area contributed by atoms with Crippen molar-refractivity contribution in [3.05, 3.63) is 54.6 Å². The number of aryl methyl sites for hydroxylation is 1. The van der Waals surface area contributed by atoms with E-state index in [-0.39, 0.29) is 0 Å². The molecule has 19 heavy (non-hydrogen) atoms. The third kappa shape index (κ3) is 2.57. The molecule has 0 amide bonds. The van der Waals surface area contributed by atoms with E-state index < -0.39 is 0 Å². The van der Waals surface area contributed by atoms with Gasteiger partial charge in [0.05, 0.1) is 0 Å². The van der Waals surface area contributed by atoms with Gasteiger partial charge in [0, 0.05) is 25.7 Å². The van der Waals surface area contributed by atoms with E-state index in [1.807, 2.05) is 11.6 Å². The van der Waals surface area contributed by atoms with Gasteiger partial charge >= 0.3 is 0 Å². The van der Waals surface area contributed by atoms with Gasteiger partial charge in [-0.2, -0.15) is 0 Å². The van der Waals surface area contributed by atoms with Crippen molar-refractivity contribution in [2.24, 2.45) is 7.05 Å². The summed E-state index contributed by atoms with van der Waals surface area (Å²) in [5, 5.41) is 13.9. The van der Waals surface area contributed by atoms with Crippen LogP contribution in [0.2, 0.25) is 0 Å². The highest BCUT2D eigenvalue weighted by Crippen LogP contribution is 2.18. The van der Waals surface area contributed by atoms with Gasteiger partial charge in [-0.3, -0.25) is 0 Å². The summed E-state index contributed by atoms with van der Waals surface area (Å²) in [4.78, 5) is 0. The maximum Gasteiger partial charge on any atom is 0.134 e. The Morgan fingerprint density at radius 1 is 1.11 bits per heavy atom. The number of hydrogen-bond donors (Lipinski definition) is 1. The van der Waals surface area contributed by atoms with Crippen molar-refractivity contribution in [2.45, 2.75) is 6.42 Å². The van der Waals surface area contributed by atoms with Crippen molar-refractivity contribution in [2.75, 3.05) is 11.9 Å². The van der Waals surface area contributed by atoms with Crippen LogP contribution in [-0.4, -0.2) is 21.3 Å². The van der Waals surface area contributed by atoms with Gasteiger partial charge in [-0.05, 0) is 22.9 Å². The zero-order chi connectivity index (χ0) is 13.1. The van der Waals surface area contributed by atoms with Crippen molar-refractivity contribution < 1.29 is 0 Å². The molecule has 0 radical (unpaired) electrons. The molecule has 0 bridgehead atoms.